The van der Waals surface area contributed by atoms with Crippen molar-refractivity contribution in [3.63, 3.8) is 0 Å². The number of nitrogens with zero attached hydrogens (tertiary/aromatic N) is 2. The van der Waals surface area contributed by atoms with Gasteiger partial charge in [0.1, 0.15) is 5.01 Å². The number of carbonyl (C=O) groups is 2. The van der Waals surface area contributed by atoms with E-state index in [9.17, 15) is 9.59 Å². The molecule has 1 aromatic rings. The van der Waals surface area contributed by atoms with Crippen LogP contribution in [0.1, 0.15) is 37.0 Å². The van der Waals surface area contributed by atoms with Gasteiger partial charge in [-0.1, -0.05) is 6.92 Å². The number of thiazole rings is 1. The molecule has 1 heterocycles. The fraction of sp³-hybridized carbons (Fsp3) is 0.643. The van der Waals surface area contributed by atoms with Crippen molar-refractivity contribution in [3.8, 4) is 0 Å². The molecule has 3 atom stereocenters. The molecule has 5 nitrogen and oxygen atoms in total. The highest BCUT2D eigenvalue weighted by Crippen LogP contribution is 2.40. The molecule has 1 unspecified atom stereocenters. The fourth-order valence-corrected chi connectivity index (χ4v) is 3.06. The van der Waals surface area contributed by atoms with Crippen molar-refractivity contribution < 1.29 is 9.59 Å². The number of nitrogens with one attached hydrogen (secondary N) is 1. The summed E-state index contributed by atoms with van der Waals surface area (Å²) in [6, 6.07) is -0.0940. The largest absolute Gasteiger partial charge is 0.349 e. The lowest BCUT2D eigenvalue weighted by atomic mass is 10.2. The second kappa shape index (κ2) is 5.91. The first-order valence-corrected chi connectivity index (χ1v) is 7.77. The van der Waals surface area contributed by atoms with Gasteiger partial charge in [0.25, 0.3) is 0 Å². The normalized spacial score (nSPS) is 22.2. The zero-order valence-corrected chi connectivity index (χ0v) is 13.2. The van der Waals surface area contributed by atoms with Crippen LogP contribution in [0.25, 0.3) is 0 Å². The summed E-state index contributed by atoms with van der Waals surface area (Å²) in [5, 5.41) is 5.90. The molecule has 6 heteroatoms. The van der Waals surface area contributed by atoms with Crippen LogP contribution in [0.5, 0.6) is 0 Å². The molecule has 0 radical (unpaired) electrons. The van der Waals surface area contributed by atoms with Crippen LogP contribution in [-0.4, -0.2) is 35.8 Å². The molecule has 0 saturated heterocycles. The smallest absolute Gasteiger partial charge is 0.225 e. The first kappa shape index (κ1) is 15.0. The Hall–Kier alpha value is -1.43. The minimum Gasteiger partial charge on any atom is -0.349 e. The Bertz CT molecular complexity index is 512. The van der Waals surface area contributed by atoms with E-state index in [0.717, 1.165) is 17.1 Å². The third kappa shape index (κ3) is 3.17. The second-order valence-electron chi connectivity index (χ2n) is 5.44. The van der Waals surface area contributed by atoms with Gasteiger partial charge in [-0.05, 0) is 19.8 Å². The molecular weight excluding hydrogens is 274 g/mol. The van der Waals surface area contributed by atoms with E-state index in [4.69, 9.17) is 0 Å². The predicted octanol–water partition coefficient (Wildman–Crippen LogP) is 1.61. The average Bonchev–Trinajstić information content (AvgIpc) is 3.06. The molecule has 1 N–H and O–H groups in total. The lowest BCUT2D eigenvalue weighted by Crippen LogP contribution is -2.31. The van der Waals surface area contributed by atoms with Crippen LogP contribution in [-0.2, 0) is 16.0 Å². The van der Waals surface area contributed by atoms with Crippen molar-refractivity contribution in [2.45, 2.75) is 32.7 Å². The molecule has 1 aromatic heterocycles. The summed E-state index contributed by atoms with van der Waals surface area (Å²) in [4.78, 5) is 29.9. The van der Waals surface area contributed by atoms with Crippen molar-refractivity contribution in [3.05, 3.63) is 16.1 Å². The Morgan fingerprint density at radius 1 is 1.50 bits per heavy atom. The van der Waals surface area contributed by atoms with Gasteiger partial charge in [-0.25, -0.2) is 4.98 Å². The van der Waals surface area contributed by atoms with Crippen LogP contribution >= 0.6 is 11.3 Å². The van der Waals surface area contributed by atoms with Crippen molar-refractivity contribution in [2.24, 2.45) is 11.8 Å². The molecule has 110 valence electrons. The molecule has 0 spiro atoms. The first-order valence-electron chi connectivity index (χ1n) is 6.89. The van der Waals surface area contributed by atoms with Crippen molar-refractivity contribution in [1.29, 1.82) is 0 Å². The van der Waals surface area contributed by atoms with Crippen LogP contribution in [0.2, 0.25) is 0 Å². The predicted molar refractivity (Wildman–Crippen MR) is 78.3 cm³/mol. The number of aromatic nitrogens is 1. The number of aryl methyl sites for hydroxylation is 1. The van der Waals surface area contributed by atoms with E-state index in [0.29, 0.717) is 6.42 Å². The van der Waals surface area contributed by atoms with Crippen molar-refractivity contribution in [1.82, 2.24) is 15.2 Å². The van der Waals surface area contributed by atoms with Gasteiger partial charge in [0, 0.05) is 19.5 Å². The number of hydrogen-bond acceptors (Lipinski definition) is 4. The van der Waals surface area contributed by atoms with Gasteiger partial charge in [-0.15, -0.1) is 11.3 Å². The first-order chi connectivity index (χ1) is 9.43. The van der Waals surface area contributed by atoms with E-state index in [1.54, 1.807) is 30.3 Å². The maximum absolute atomic E-state index is 12.1. The summed E-state index contributed by atoms with van der Waals surface area (Å²) >= 11 is 1.57. The molecule has 0 aliphatic heterocycles. The third-order valence-corrected chi connectivity index (χ3v) is 4.62. The summed E-state index contributed by atoms with van der Waals surface area (Å²) in [6.45, 7) is 3.99. The van der Waals surface area contributed by atoms with E-state index in [1.165, 1.54) is 0 Å². The van der Waals surface area contributed by atoms with Crippen molar-refractivity contribution >= 4 is 23.2 Å². The molecule has 2 amide bonds. The van der Waals surface area contributed by atoms with Gasteiger partial charge in [-0.3, -0.25) is 9.59 Å². The van der Waals surface area contributed by atoms with Gasteiger partial charge in [0.05, 0.1) is 23.6 Å². The number of amides is 2. The fourth-order valence-electron chi connectivity index (χ4n) is 2.16. The lowest BCUT2D eigenvalue weighted by Gasteiger charge is -2.12. The minimum absolute atomic E-state index is 0.0362. The molecule has 0 aromatic carbocycles. The van der Waals surface area contributed by atoms with Gasteiger partial charge in [0.2, 0.25) is 11.8 Å². The number of hydrogen-bond donors (Lipinski definition) is 1. The number of carbonyl (C=O) groups excluding carboxylic acids is 2. The second-order valence-corrected chi connectivity index (χ2v) is 6.33. The zero-order valence-electron chi connectivity index (χ0n) is 12.3. The van der Waals surface area contributed by atoms with Crippen LogP contribution < -0.4 is 5.32 Å². The van der Waals surface area contributed by atoms with Crippen LogP contribution in [0.3, 0.4) is 0 Å². The van der Waals surface area contributed by atoms with E-state index < -0.39 is 0 Å². The monoisotopic (exact) mass is 295 g/mol. The van der Waals surface area contributed by atoms with Gasteiger partial charge in [0.15, 0.2) is 0 Å². The lowest BCUT2D eigenvalue weighted by molar-refractivity contribution is -0.132. The Balaban J connectivity index is 1.88. The summed E-state index contributed by atoms with van der Waals surface area (Å²) in [6.07, 6.45) is 1.56. The molecule has 20 heavy (non-hydrogen) atoms. The topological polar surface area (TPSA) is 62.3 Å². The summed E-state index contributed by atoms with van der Waals surface area (Å²) in [5.74, 6) is -0.302. The molecule has 1 aliphatic rings. The molecular formula is C14H21N3O2S. The standard InChI is InChI=1S/C14H21N3O2S/c1-5-9-7-20-13(16-9)8(2)15-12(18)10-6-11(10)14(19)17(3)4/h7-8,10-11H,5-6H2,1-4H3,(H,15,18)/t8?,10-,11+/m1/s1. The van der Waals surface area contributed by atoms with Crippen LogP contribution in [0.4, 0.5) is 0 Å². The zero-order chi connectivity index (χ0) is 14.9. The average molecular weight is 295 g/mol. The Kier molecular flexibility index (Phi) is 4.42. The summed E-state index contributed by atoms with van der Waals surface area (Å²) in [7, 11) is 3.44. The van der Waals surface area contributed by atoms with Crippen LogP contribution in [0, 0.1) is 11.8 Å². The van der Waals surface area contributed by atoms with E-state index >= 15 is 0 Å². The molecule has 0 bridgehead atoms. The quantitative estimate of drug-likeness (QED) is 0.897. The third-order valence-electron chi connectivity index (χ3n) is 3.55. The maximum Gasteiger partial charge on any atom is 0.225 e. The Morgan fingerprint density at radius 2 is 2.20 bits per heavy atom. The summed E-state index contributed by atoms with van der Waals surface area (Å²) < 4.78 is 0. The highest BCUT2D eigenvalue weighted by atomic mass is 32.1. The molecule has 1 fully saturated rings. The highest BCUT2D eigenvalue weighted by molar-refractivity contribution is 7.09. The SMILES string of the molecule is CCc1csc(C(C)NC(=O)[C@@H]2C[C@@H]2C(=O)N(C)C)n1. The highest BCUT2D eigenvalue weighted by Gasteiger charge is 2.48. The molecule has 2 rings (SSSR count). The molecule has 1 aliphatic carbocycles. The Labute approximate surface area is 123 Å². The Morgan fingerprint density at radius 3 is 2.75 bits per heavy atom. The van der Waals surface area contributed by atoms with E-state index in [-0.39, 0.29) is 29.7 Å². The van der Waals surface area contributed by atoms with Gasteiger partial charge < -0.3 is 10.2 Å². The van der Waals surface area contributed by atoms with E-state index in [1.807, 2.05) is 12.3 Å². The van der Waals surface area contributed by atoms with Gasteiger partial charge >= 0.3 is 0 Å². The number of rotatable bonds is 5. The van der Waals surface area contributed by atoms with E-state index in [2.05, 4.69) is 17.2 Å². The minimum atomic E-state index is -0.169. The van der Waals surface area contributed by atoms with Gasteiger partial charge in [-0.2, -0.15) is 0 Å². The maximum atomic E-state index is 12.1. The van der Waals surface area contributed by atoms with Crippen molar-refractivity contribution in [2.75, 3.05) is 14.1 Å². The molecule has 1 saturated carbocycles. The van der Waals surface area contributed by atoms with Crippen LogP contribution in [0.15, 0.2) is 5.38 Å². The summed E-state index contributed by atoms with van der Waals surface area (Å²) in [5.41, 5.74) is 1.05.